The van der Waals surface area contributed by atoms with E-state index in [0.717, 1.165) is 24.4 Å². The maximum absolute atomic E-state index is 13.1. The van der Waals surface area contributed by atoms with Crippen molar-refractivity contribution in [2.24, 2.45) is 5.92 Å². The third kappa shape index (κ3) is 4.31. The first-order valence-electron chi connectivity index (χ1n) is 8.19. The van der Waals surface area contributed by atoms with Crippen LogP contribution in [-0.4, -0.2) is 12.6 Å². The molecular weight excluding hydrogens is 249 g/mol. The second-order valence-corrected chi connectivity index (χ2v) is 6.21. The van der Waals surface area contributed by atoms with Gasteiger partial charge in [-0.2, -0.15) is 0 Å². The summed E-state index contributed by atoms with van der Waals surface area (Å²) in [6, 6.07) is 5.84. The molecule has 1 unspecified atom stereocenters. The Morgan fingerprint density at radius 1 is 1.30 bits per heavy atom. The van der Waals surface area contributed by atoms with Crippen LogP contribution in [0.4, 0.5) is 4.39 Å². The SMILES string of the molecule is CCCNC(CCc1ccc(F)cc1C)C1CCCC1. The second kappa shape index (κ2) is 7.78. The van der Waals surface area contributed by atoms with Gasteiger partial charge in [0.1, 0.15) is 5.82 Å². The van der Waals surface area contributed by atoms with E-state index in [1.807, 2.05) is 13.0 Å². The molecule has 1 fully saturated rings. The molecule has 112 valence electrons. The smallest absolute Gasteiger partial charge is 0.123 e. The fraction of sp³-hybridized carbons (Fsp3) is 0.667. The molecule has 0 heterocycles. The van der Waals surface area contributed by atoms with Crippen molar-refractivity contribution in [3.05, 3.63) is 35.1 Å². The number of nitrogens with one attached hydrogen (secondary N) is 1. The van der Waals surface area contributed by atoms with Crippen LogP contribution in [0.25, 0.3) is 0 Å². The van der Waals surface area contributed by atoms with Crippen molar-refractivity contribution < 1.29 is 4.39 Å². The van der Waals surface area contributed by atoms with E-state index in [-0.39, 0.29) is 5.82 Å². The van der Waals surface area contributed by atoms with Crippen LogP contribution in [-0.2, 0) is 6.42 Å². The molecule has 2 rings (SSSR count). The molecule has 1 aromatic carbocycles. The molecule has 0 aromatic heterocycles. The van der Waals surface area contributed by atoms with Crippen LogP contribution in [0.2, 0.25) is 0 Å². The van der Waals surface area contributed by atoms with E-state index in [4.69, 9.17) is 0 Å². The lowest BCUT2D eigenvalue weighted by atomic mass is 9.91. The van der Waals surface area contributed by atoms with E-state index in [9.17, 15) is 4.39 Å². The molecule has 0 aliphatic heterocycles. The van der Waals surface area contributed by atoms with E-state index >= 15 is 0 Å². The molecule has 0 bridgehead atoms. The Kier molecular flexibility index (Phi) is 6.03. The summed E-state index contributed by atoms with van der Waals surface area (Å²) in [5, 5.41) is 3.74. The molecule has 1 aromatic rings. The van der Waals surface area contributed by atoms with Crippen LogP contribution in [0.3, 0.4) is 0 Å². The molecule has 1 nitrogen and oxygen atoms in total. The summed E-state index contributed by atoms with van der Waals surface area (Å²) in [4.78, 5) is 0. The molecule has 0 saturated heterocycles. The molecule has 20 heavy (non-hydrogen) atoms. The Balaban J connectivity index is 1.93. The van der Waals surface area contributed by atoms with Crippen LogP contribution in [0.5, 0.6) is 0 Å². The highest BCUT2D eigenvalue weighted by molar-refractivity contribution is 5.26. The highest BCUT2D eigenvalue weighted by Gasteiger charge is 2.24. The number of aryl methyl sites for hydroxylation is 2. The number of halogens is 1. The first-order valence-corrected chi connectivity index (χ1v) is 8.19. The normalized spacial score (nSPS) is 17.6. The summed E-state index contributed by atoms with van der Waals surface area (Å²) >= 11 is 0. The molecule has 0 amide bonds. The standard InChI is InChI=1S/C18H28FN/c1-3-12-20-18(16-6-4-5-7-16)11-9-15-8-10-17(19)13-14(15)2/h8,10,13,16,18,20H,3-7,9,11-12H2,1-2H3. The van der Waals surface area contributed by atoms with Gasteiger partial charge in [0.2, 0.25) is 0 Å². The van der Waals surface area contributed by atoms with Gasteiger partial charge >= 0.3 is 0 Å². The fourth-order valence-corrected chi connectivity index (χ4v) is 3.44. The summed E-state index contributed by atoms with van der Waals surface area (Å²) in [5.74, 6) is 0.727. The lowest BCUT2D eigenvalue weighted by Crippen LogP contribution is -2.36. The van der Waals surface area contributed by atoms with Crippen LogP contribution in [0, 0.1) is 18.7 Å². The summed E-state index contributed by atoms with van der Waals surface area (Å²) in [5.41, 5.74) is 2.39. The Hall–Kier alpha value is -0.890. The Morgan fingerprint density at radius 2 is 2.05 bits per heavy atom. The molecule has 0 spiro atoms. The summed E-state index contributed by atoms with van der Waals surface area (Å²) in [6.07, 6.45) is 8.97. The van der Waals surface area contributed by atoms with Crippen molar-refractivity contribution >= 4 is 0 Å². The van der Waals surface area contributed by atoms with Gasteiger partial charge in [-0.3, -0.25) is 0 Å². The average Bonchev–Trinajstić information content (AvgIpc) is 2.95. The predicted molar refractivity (Wildman–Crippen MR) is 83.5 cm³/mol. The van der Waals surface area contributed by atoms with Gasteiger partial charge < -0.3 is 5.32 Å². The van der Waals surface area contributed by atoms with Crippen molar-refractivity contribution in [3.63, 3.8) is 0 Å². The predicted octanol–water partition coefficient (Wildman–Crippen LogP) is 4.63. The highest BCUT2D eigenvalue weighted by atomic mass is 19.1. The lowest BCUT2D eigenvalue weighted by molar-refractivity contribution is 0.340. The lowest BCUT2D eigenvalue weighted by Gasteiger charge is -2.25. The number of benzene rings is 1. The van der Waals surface area contributed by atoms with Crippen LogP contribution >= 0.6 is 0 Å². The van der Waals surface area contributed by atoms with E-state index in [1.165, 1.54) is 44.1 Å². The zero-order valence-corrected chi connectivity index (χ0v) is 12.9. The Morgan fingerprint density at radius 3 is 2.70 bits per heavy atom. The zero-order chi connectivity index (χ0) is 14.4. The highest BCUT2D eigenvalue weighted by Crippen LogP contribution is 2.30. The van der Waals surface area contributed by atoms with Crippen molar-refractivity contribution in [2.45, 2.75) is 64.8 Å². The Labute approximate surface area is 123 Å². The number of hydrogen-bond donors (Lipinski definition) is 1. The van der Waals surface area contributed by atoms with Gasteiger partial charge in [0.05, 0.1) is 0 Å². The summed E-state index contributed by atoms with van der Waals surface area (Å²) < 4.78 is 13.1. The maximum Gasteiger partial charge on any atom is 0.123 e. The molecule has 1 saturated carbocycles. The van der Waals surface area contributed by atoms with Gasteiger partial charge in [0, 0.05) is 6.04 Å². The van der Waals surface area contributed by atoms with Gasteiger partial charge in [0.15, 0.2) is 0 Å². The van der Waals surface area contributed by atoms with Crippen molar-refractivity contribution in [3.8, 4) is 0 Å². The molecular formula is C18H28FN. The molecule has 2 heteroatoms. The molecule has 1 aliphatic rings. The summed E-state index contributed by atoms with van der Waals surface area (Å²) in [6.45, 7) is 5.36. The third-order valence-electron chi connectivity index (χ3n) is 4.65. The number of hydrogen-bond acceptors (Lipinski definition) is 1. The molecule has 1 aliphatic carbocycles. The van der Waals surface area contributed by atoms with Gasteiger partial charge in [-0.15, -0.1) is 0 Å². The largest absolute Gasteiger partial charge is 0.314 e. The minimum Gasteiger partial charge on any atom is -0.314 e. The molecule has 1 atom stereocenters. The van der Waals surface area contributed by atoms with Crippen LogP contribution in [0.15, 0.2) is 18.2 Å². The Bertz CT molecular complexity index is 410. The van der Waals surface area contributed by atoms with Gasteiger partial charge in [0.25, 0.3) is 0 Å². The zero-order valence-electron chi connectivity index (χ0n) is 12.9. The summed E-state index contributed by atoms with van der Waals surface area (Å²) in [7, 11) is 0. The van der Waals surface area contributed by atoms with Crippen LogP contribution < -0.4 is 5.32 Å². The monoisotopic (exact) mass is 277 g/mol. The van der Waals surface area contributed by atoms with Crippen molar-refractivity contribution in [1.82, 2.24) is 5.32 Å². The molecule has 0 radical (unpaired) electrons. The minimum absolute atomic E-state index is 0.122. The van der Waals surface area contributed by atoms with Crippen molar-refractivity contribution in [2.75, 3.05) is 6.54 Å². The first-order chi connectivity index (χ1) is 9.70. The molecule has 1 N–H and O–H groups in total. The van der Waals surface area contributed by atoms with E-state index < -0.39 is 0 Å². The first kappa shape index (κ1) is 15.5. The maximum atomic E-state index is 13.1. The van der Waals surface area contributed by atoms with E-state index in [2.05, 4.69) is 12.2 Å². The van der Waals surface area contributed by atoms with Gasteiger partial charge in [-0.1, -0.05) is 25.8 Å². The average molecular weight is 277 g/mol. The number of rotatable bonds is 7. The quantitative estimate of drug-likeness (QED) is 0.766. The minimum atomic E-state index is -0.122. The van der Waals surface area contributed by atoms with Gasteiger partial charge in [-0.25, -0.2) is 4.39 Å². The third-order valence-corrected chi connectivity index (χ3v) is 4.65. The van der Waals surface area contributed by atoms with Crippen LogP contribution in [0.1, 0.15) is 56.6 Å². The fourth-order valence-electron chi connectivity index (χ4n) is 3.44. The van der Waals surface area contributed by atoms with Crippen molar-refractivity contribution in [1.29, 1.82) is 0 Å². The second-order valence-electron chi connectivity index (χ2n) is 6.21. The van der Waals surface area contributed by atoms with Gasteiger partial charge in [-0.05, 0) is 74.8 Å². The van der Waals surface area contributed by atoms with E-state index in [1.54, 1.807) is 12.1 Å². The van der Waals surface area contributed by atoms with E-state index in [0.29, 0.717) is 6.04 Å². The topological polar surface area (TPSA) is 12.0 Å².